The van der Waals surface area contributed by atoms with Crippen LogP contribution in [0.15, 0.2) is 22.4 Å². The first kappa shape index (κ1) is 20.1. The molecule has 158 valence electrons. The highest BCUT2D eigenvalue weighted by Crippen LogP contribution is 2.36. The second-order valence-electron chi connectivity index (χ2n) is 7.73. The van der Waals surface area contributed by atoms with Crippen LogP contribution < -0.4 is 10.5 Å². The highest BCUT2D eigenvalue weighted by Gasteiger charge is 2.36. The zero-order chi connectivity index (χ0) is 21.8. The molecule has 1 aliphatic rings. The van der Waals surface area contributed by atoms with Crippen LogP contribution >= 0.6 is 0 Å². The Morgan fingerprint density at radius 1 is 1.30 bits per heavy atom. The third kappa shape index (κ3) is 3.47. The van der Waals surface area contributed by atoms with Crippen LogP contribution in [0.3, 0.4) is 0 Å². The van der Waals surface area contributed by atoms with Gasteiger partial charge < -0.3 is 20.7 Å². The van der Waals surface area contributed by atoms with Crippen molar-refractivity contribution in [1.29, 1.82) is 5.41 Å². The van der Waals surface area contributed by atoms with Crippen molar-refractivity contribution in [2.24, 2.45) is 5.73 Å². The van der Waals surface area contributed by atoms with E-state index in [1.165, 1.54) is 0 Å². The van der Waals surface area contributed by atoms with Crippen LogP contribution in [0.5, 0.6) is 0 Å². The van der Waals surface area contributed by atoms with Crippen LogP contribution in [0, 0.1) is 19.3 Å². The Labute approximate surface area is 174 Å². The summed E-state index contributed by atoms with van der Waals surface area (Å²) in [5.74, 6) is 0.805. The summed E-state index contributed by atoms with van der Waals surface area (Å²) in [5.41, 5.74) is 11.6. The van der Waals surface area contributed by atoms with Crippen molar-refractivity contribution >= 4 is 38.3 Å². The molecule has 2 aromatic heterocycles. The fourth-order valence-electron chi connectivity index (χ4n) is 3.70. The molecule has 0 unspecified atom stereocenters. The second kappa shape index (κ2) is 6.98. The van der Waals surface area contributed by atoms with Gasteiger partial charge in [0.25, 0.3) is 0 Å². The van der Waals surface area contributed by atoms with Crippen LogP contribution in [0.4, 0.5) is 5.95 Å². The number of aromatic amines is 1. The summed E-state index contributed by atoms with van der Waals surface area (Å²) in [6.45, 7) is 7.06. The maximum Gasteiger partial charge on any atom is 0.237 e. The second-order valence-corrected chi connectivity index (χ2v) is 9.69. The Bertz CT molecular complexity index is 1290. The minimum absolute atomic E-state index is 0.144. The molecule has 0 amide bonds. The first-order chi connectivity index (χ1) is 14.1. The van der Waals surface area contributed by atoms with E-state index in [0.717, 1.165) is 16.8 Å². The topological polar surface area (TPSA) is 151 Å². The van der Waals surface area contributed by atoms with E-state index in [0.29, 0.717) is 46.5 Å². The zero-order valence-corrected chi connectivity index (χ0v) is 18.1. The average molecular weight is 429 g/mol. The SMILES string of the molecule is CC(=N)/C(=C(/C)N)c1cc(-c2c(C)noc2C)cc2[nH]c(NS(=O)(=O)C3CC3)nc12. The lowest BCUT2D eigenvalue weighted by molar-refractivity contribution is 0.393. The molecule has 1 saturated carbocycles. The normalized spacial score (nSPS) is 15.3. The number of H-pyrrole nitrogens is 1. The molecule has 30 heavy (non-hydrogen) atoms. The first-order valence-corrected chi connectivity index (χ1v) is 11.1. The molecule has 3 aromatic rings. The van der Waals surface area contributed by atoms with Gasteiger partial charge in [-0.3, -0.25) is 4.72 Å². The molecule has 0 radical (unpaired) electrons. The molecule has 5 N–H and O–H groups in total. The first-order valence-electron chi connectivity index (χ1n) is 9.59. The van der Waals surface area contributed by atoms with Crippen molar-refractivity contribution in [3.63, 3.8) is 0 Å². The highest BCUT2D eigenvalue weighted by molar-refractivity contribution is 7.93. The lowest BCUT2D eigenvalue weighted by atomic mass is 9.94. The van der Waals surface area contributed by atoms with E-state index in [-0.39, 0.29) is 16.9 Å². The van der Waals surface area contributed by atoms with Crippen LogP contribution in [-0.2, 0) is 10.0 Å². The molecule has 2 heterocycles. The number of benzene rings is 1. The van der Waals surface area contributed by atoms with Gasteiger partial charge in [-0.1, -0.05) is 5.16 Å². The Morgan fingerprint density at radius 3 is 2.53 bits per heavy atom. The van der Waals surface area contributed by atoms with Crippen molar-refractivity contribution < 1.29 is 12.9 Å². The monoisotopic (exact) mass is 428 g/mol. The molecule has 4 rings (SSSR count). The number of sulfonamides is 1. The summed E-state index contributed by atoms with van der Waals surface area (Å²) < 4.78 is 32.6. The molecule has 1 fully saturated rings. The molecule has 1 aromatic carbocycles. The molecular weight excluding hydrogens is 404 g/mol. The number of nitrogens with one attached hydrogen (secondary N) is 3. The fourth-order valence-corrected chi connectivity index (χ4v) is 4.99. The van der Waals surface area contributed by atoms with Crippen LogP contribution in [0.2, 0.25) is 0 Å². The summed E-state index contributed by atoms with van der Waals surface area (Å²) in [5, 5.41) is 11.9. The number of hydrogen-bond acceptors (Lipinski definition) is 7. The summed E-state index contributed by atoms with van der Waals surface area (Å²) in [6, 6.07) is 3.76. The van der Waals surface area contributed by atoms with Crippen molar-refractivity contribution in [2.75, 3.05) is 4.72 Å². The summed E-state index contributed by atoms with van der Waals surface area (Å²) in [7, 11) is -3.47. The number of nitrogens with zero attached hydrogens (tertiary/aromatic N) is 2. The van der Waals surface area contributed by atoms with Gasteiger partial charge in [0.1, 0.15) is 5.76 Å². The van der Waals surface area contributed by atoms with Crippen LogP contribution in [0.1, 0.15) is 43.7 Å². The van der Waals surface area contributed by atoms with Gasteiger partial charge in [0.15, 0.2) is 0 Å². The molecule has 0 aliphatic heterocycles. The largest absolute Gasteiger partial charge is 0.402 e. The minimum Gasteiger partial charge on any atom is -0.402 e. The molecule has 0 spiro atoms. The molecule has 1 aliphatic carbocycles. The standard InChI is InChI=1S/C20H24N6O3S/c1-9(21)17(10(2)22)15-7-13(18-11(3)25-29-12(18)4)8-16-19(15)24-20(23-16)26-30(27,28)14-5-6-14/h7-8,14,21H,5-6,22H2,1-4H3,(H2,23,24,26)/b17-10+,21-9?. The molecule has 0 bridgehead atoms. The van der Waals surface area contributed by atoms with E-state index in [1.807, 2.05) is 26.0 Å². The summed E-state index contributed by atoms with van der Waals surface area (Å²) in [4.78, 5) is 7.55. The van der Waals surface area contributed by atoms with E-state index in [2.05, 4.69) is 19.8 Å². The van der Waals surface area contributed by atoms with Crippen molar-refractivity contribution in [3.8, 4) is 11.1 Å². The van der Waals surface area contributed by atoms with E-state index in [4.69, 9.17) is 15.7 Å². The zero-order valence-electron chi connectivity index (χ0n) is 17.3. The Kier molecular flexibility index (Phi) is 4.69. The maximum atomic E-state index is 12.4. The number of rotatable bonds is 6. The third-order valence-electron chi connectivity index (χ3n) is 5.15. The molecule has 0 atom stereocenters. The Morgan fingerprint density at radius 2 is 2.00 bits per heavy atom. The van der Waals surface area contributed by atoms with Crippen LogP contribution in [-0.4, -0.2) is 34.5 Å². The van der Waals surface area contributed by atoms with Crippen LogP contribution in [0.25, 0.3) is 27.7 Å². The minimum atomic E-state index is -3.47. The molecular formula is C20H24N6O3S. The highest BCUT2D eigenvalue weighted by atomic mass is 32.2. The number of aryl methyl sites for hydroxylation is 2. The number of imidazole rings is 1. The quantitative estimate of drug-likeness (QED) is 0.441. The van der Waals surface area contributed by atoms with Gasteiger partial charge in [-0.25, -0.2) is 13.4 Å². The number of aromatic nitrogens is 3. The Balaban J connectivity index is 1.96. The fraction of sp³-hybridized carbons (Fsp3) is 0.350. The summed E-state index contributed by atoms with van der Waals surface area (Å²) >= 11 is 0. The predicted octanol–water partition coefficient (Wildman–Crippen LogP) is 3.47. The lowest BCUT2D eigenvalue weighted by Gasteiger charge is -2.12. The number of anilines is 1. The lowest BCUT2D eigenvalue weighted by Crippen LogP contribution is -2.18. The average Bonchev–Trinajstić information content (AvgIpc) is 3.34. The van der Waals surface area contributed by atoms with Gasteiger partial charge in [0.05, 0.1) is 22.0 Å². The molecule has 0 saturated heterocycles. The van der Waals surface area contributed by atoms with E-state index in [1.54, 1.807) is 13.8 Å². The van der Waals surface area contributed by atoms with Gasteiger partial charge in [0, 0.05) is 28.1 Å². The third-order valence-corrected chi connectivity index (χ3v) is 6.98. The smallest absolute Gasteiger partial charge is 0.237 e. The van der Waals surface area contributed by atoms with Crippen molar-refractivity contribution in [2.45, 2.75) is 45.8 Å². The van der Waals surface area contributed by atoms with E-state index >= 15 is 0 Å². The van der Waals surface area contributed by atoms with E-state index in [9.17, 15) is 8.42 Å². The van der Waals surface area contributed by atoms with Gasteiger partial charge in [-0.05, 0) is 58.2 Å². The molecule has 9 nitrogen and oxygen atoms in total. The van der Waals surface area contributed by atoms with Crippen molar-refractivity contribution in [3.05, 3.63) is 34.8 Å². The molecule has 10 heteroatoms. The van der Waals surface area contributed by atoms with Gasteiger partial charge in [-0.2, -0.15) is 0 Å². The Hall–Kier alpha value is -3.14. The van der Waals surface area contributed by atoms with Gasteiger partial charge >= 0.3 is 0 Å². The van der Waals surface area contributed by atoms with Gasteiger partial charge in [-0.15, -0.1) is 0 Å². The maximum absolute atomic E-state index is 12.4. The number of fused-ring (bicyclic) bond motifs is 1. The summed E-state index contributed by atoms with van der Waals surface area (Å²) in [6.07, 6.45) is 1.31. The van der Waals surface area contributed by atoms with E-state index < -0.39 is 10.0 Å². The number of hydrogen-bond donors (Lipinski definition) is 4. The van der Waals surface area contributed by atoms with Crippen molar-refractivity contribution in [1.82, 2.24) is 15.1 Å². The number of nitrogens with two attached hydrogens (primary N) is 1. The van der Waals surface area contributed by atoms with Gasteiger partial charge in [0.2, 0.25) is 16.0 Å². The predicted molar refractivity (Wildman–Crippen MR) is 117 cm³/mol. The number of allylic oxidation sites excluding steroid dienone is 2.